The predicted molar refractivity (Wildman–Crippen MR) is 462 cm³/mol. The van der Waals surface area contributed by atoms with E-state index in [1.807, 2.05) is 103 Å². The van der Waals surface area contributed by atoms with Gasteiger partial charge in [-0.2, -0.15) is 29.9 Å². The number of benzene rings is 9. The average molecular weight is 1670 g/mol. The fourth-order valence-electron chi connectivity index (χ4n) is 21.0. The van der Waals surface area contributed by atoms with Gasteiger partial charge in [-0.25, -0.2) is 13.2 Å². The van der Waals surface area contributed by atoms with Crippen molar-refractivity contribution in [3.8, 4) is 68.7 Å². The van der Waals surface area contributed by atoms with Crippen molar-refractivity contribution < 1.29 is 42.0 Å². The molecule has 9 unspecified atom stereocenters. The van der Waals surface area contributed by atoms with E-state index in [-0.39, 0.29) is 139 Å². The van der Waals surface area contributed by atoms with Crippen molar-refractivity contribution in [3.63, 3.8) is 0 Å². The van der Waals surface area contributed by atoms with Crippen LogP contribution in [0.25, 0.3) is 98.4 Å². The van der Waals surface area contributed by atoms with Gasteiger partial charge in [0.25, 0.3) is 0 Å². The van der Waals surface area contributed by atoms with Gasteiger partial charge in [0.2, 0.25) is 0 Å². The van der Waals surface area contributed by atoms with Gasteiger partial charge in [-0.1, -0.05) is 115 Å². The van der Waals surface area contributed by atoms with E-state index in [9.17, 15) is 5.11 Å². The summed E-state index contributed by atoms with van der Waals surface area (Å²) in [6, 6.07) is 41.3. The van der Waals surface area contributed by atoms with Gasteiger partial charge < -0.3 is 64.3 Å². The lowest BCUT2D eigenvalue weighted by Gasteiger charge is -2.45. The number of likely N-dealkylation sites (N-methyl/N-ethyl adjacent to an activating group) is 1. The lowest BCUT2D eigenvalue weighted by molar-refractivity contribution is -0.00390. The van der Waals surface area contributed by atoms with Crippen LogP contribution in [0.15, 0.2) is 127 Å². The second-order valence-corrected chi connectivity index (χ2v) is 36.4. The first-order valence-electron chi connectivity index (χ1n) is 42.0. The highest BCUT2D eigenvalue weighted by Gasteiger charge is 2.42. The molecule has 614 valence electrons. The van der Waals surface area contributed by atoms with Crippen molar-refractivity contribution in [1.29, 1.82) is 0 Å². The number of rotatable bonds is 20. The average Bonchev–Trinajstić information content (AvgIpc) is 1.52. The minimum atomic E-state index is -0.635. The molecule has 6 bridgehead atoms. The molecule has 9 aromatic carbocycles. The lowest BCUT2D eigenvalue weighted by Crippen LogP contribution is -2.55. The molecule has 9 aliphatic heterocycles. The minimum Gasteiger partial charge on any atom is -0.508 e. The SMILES string of the molecule is CN1CC(C)(COc2nc(N3CC4CCC(C3)N4)c3cc(Cl)c(-c4cc(OC5CCC(CCOc6nc(N7CC8CCC(C7)N8)c7cc(Cl)c(-c8cc(OC9CCN(C)[C@H](COc%10nc(N%11CC%12CCC(C%11)N%12)c%11cc(Cl)c(-c%12cc(O)cc%13ccccc%12%13)c(F)c%11n%10)C9)cc9ccccc89)c(F)c7n6)N5C)cc5ccccc45)c(F)c3n2)C1. The van der Waals surface area contributed by atoms with Crippen molar-refractivity contribution in [2.45, 2.75) is 138 Å². The van der Waals surface area contributed by atoms with Crippen LogP contribution in [0, 0.1) is 22.9 Å². The third kappa shape index (κ3) is 14.5. The maximum Gasteiger partial charge on any atom is 0.319 e. The lowest BCUT2D eigenvalue weighted by atomic mass is 9.83. The van der Waals surface area contributed by atoms with E-state index in [1.165, 1.54) is 6.07 Å². The summed E-state index contributed by atoms with van der Waals surface area (Å²) in [7, 11) is 6.19. The largest absolute Gasteiger partial charge is 0.508 e. The van der Waals surface area contributed by atoms with Crippen molar-refractivity contribution in [3.05, 3.63) is 160 Å². The Balaban J connectivity index is 0.538. The molecule has 21 rings (SSSR count). The van der Waals surface area contributed by atoms with Gasteiger partial charge in [-0.05, 0) is 189 Å². The second kappa shape index (κ2) is 30.8. The monoisotopic (exact) mass is 1670 g/mol. The zero-order valence-corrected chi connectivity index (χ0v) is 69.1. The second-order valence-electron chi connectivity index (χ2n) is 35.1. The molecule has 0 saturated carbocycles. The summed E-state index contributed by atoms with van der Waals surface area (Å²) < 4.78 is 87.9. The maximum absolute atomic E-state index is 18.5. The smallest absolute Gasteiger partial charge is 0.319 e. The number of phenolic OH excluding ortho intramolecular Hbond substituents is 1. The number of hydrogen-bond donors (Lipinski definition) is 4. The molecule has 9 saturated heterocycles. The van der Waals surface area contributed by atoms with Crippen LogP contribution in [0.3, 0.4) is 0 Å². The Morgan fingerprint density at radius 2 is 0.882 bits per heavy atom. The molecule has 9 fully saturated rings. The van der Waals surface area contributed by atoms with E-state index in [2.05, 4.69) is 73.4 Å². The molecule has 9 aliphatic rings. The van der Waals surface area contributed by atoms with Crippen molar-refractivity contribution in [2.75, 3.05) is 115 Å². The number of likely N-dealkylation sites (tertiary alicyclic amines) is 3. The number of nitrogens with one attached hydrogen (secondary N) is 3. The first-order chi connectivity index (χ1) is 57.8. The number of halogens is 6. The Labute approximate surface area is 702 Å². The maximum atomic E-state index is 18.5. The van der Waals surface area contributed by atoms with E-state index in [0.29, 0.717) is 139 Å². The third-order valence-corrected chi connectivity index (χ3v) is 27.5. The first-order valence-corrected chi connectivity index (χ1v) is 43.1. The van der Waals surface area contributed by atoms with Gasteiger partial charge in [-0.3, -0.25) is 9.80 Å². The van der Waals surface area contributed by atoms with E-state index in [4.69, 9.17) is 88.4 Å². The van der Waals surface area contributed by atoms with Crippen LogP contribution in [0.5, 0.6) is 35.3 Å². The van der Waals surface area contributed by atoms with Crippen LogP contribution >= 0.6 is 34.8 Å². The van der Waals surface area contributed by atoms with Gasteiger partial charge in [0, 0.05) is 152 Å². The van der Waals surface area contributed by atoms with E-state index in [0.717, 1.165) is 103 Å². The number of piperazine rings is 3. The number of fused-ring (bicyclic) bond motifs is 12. The highest BCUT2D eigenvalue weighted by molar-refractivity contribution is 6.36. The molecule has 3 aromatic heterocycles. The summed E-state index contributed by atoms with van der Waals surface area (Å²) in [5, 5.41) is 29.0. The zero-order valence-electron chi connectivity index (χ0n) is 66.8. The van der Waals surface area contributed by atoms with Crippen LogP contribution in [0.1, 0.15) is 77.6 Å². The summed E-state index contributed by atoms with van der Waals surface area (Å²) in [6.07, 6.45) is 8.93. The molecule has 0 aliphatic carbocycles. The minimum absolute atomic E-state index is 0.0139. The van der Waals surface area contributed by atoms with Gasteiger partial charge in [0.05, 0.1) is 28.3 Å². The molecular weight excluding hydrogens is 1570 g/mol. The number of nitrogens with zero attached hydrogens (tertiary/aromatic N) is 12. The Morgan fingerprint density at radius 1 is 0.462 bits per heavy atom. The molecule has 12 aromatic rings. The Kier molecular flexibility index (Phi) is 19.9. The molecular formula is C92H93Cl3F3N15O6. The molecule has 0 radical (unpaired) electrons. The molecule has 10 atom stereocenters. The van der Waals surface area contributed by atoms with Crippen molar-refractivity contribution >= 4 is 117 Å². The summed E-state index contributed by atoms with van der Waals surface area (Å²) in [4.78, 5) is 43.2. The van der Waals surface area contributed by atoms with Gasteiger partial charge in [0.1, 0.15) is 64.0 Å². The topological polar surface area (TPSA) is 199 Å². The number of phenols is 1. The number of anilines is 3. The highest BCUT2D eigenvalue weighted by Crippen LogP contribution is 2.49. The van der Waals surface area contributed by atoms with Crippen molar-refractivity contribution in [1.82, 2.24) is 60.6 Å². The molecule has 0 amide bonds. The van der Waals surface area contributed by atoms with Gasteiger partial charge in [-0.15, -0.1) is 0 Å². The van der Waals surface area contributed by atoms with Crippen LogP contribution in [0.4, 0.5) is 30.6 Å². The molecule has 27 heteroatoms. The molecule has 0 spiro atoms. The summed E-state index contributed by atoms with van der Waals surface area (Å²) in [5.41, 5.74) is 2.35. The van der Waals surface area contributed by atoms with Crippen LogP contribution in [0.2, 0.25) is 15.1 Å². The molecule has 4 N–H and O–H groups in total. The molecule has 21 nitrogen and oxygen atoms in total. The Bertz CT molecular complexity index is 6020. The number of aromatic nitrogens is 6. The van der Waals surface area contributed by atoms with Crippen LogP contribution in [-0.4, -0.2) is 210 Å². The van der Waals surface area contributed by atoms with Crippen LogP contribution < -0.4 is 54.3 Å². The zero-order chi connectivity index (χ0) is 80.8. The standard InChI is InChI=1S/C92H93Cl3F3N15O6/c1-92(46-108(2)47-92)48-117-91-104-85-72(88(107-91)113-43-56-21-22-57(44-113)101-56)38-75(95)79(82(85)98)69-35-63(31-51-13-7-10-16-66(51)69)119-76-24-23-58(110(76)4)26-28-115-89-102-83-70(86(105-89)111-39-52-17-18-53(40-111)99-52)37-74(94)78(81(83)97)68-34-62(30-50-12-6-9-15-65(50)68)118-61-25-27-109(3)59(32-61)45-116-90-103-84-71(87(106-90)112-41-54-19-20-55(42-112)100-54)36-73(93)77(80(84)96)67-33-60(114)29-49-11-5-8-14-64(49)67/h5-16,29-31,33-38,52-59,61,76,99-101,114H,17-28,32,39-48H2,1-4H3/t52?,53?,54?,55?,56?,57?,58?,59-,61?,76?/m0/s1. The van der Waals surface area contributed by atoms with E-state index < -0.39 is 17.5 Å². The highest BCUT2D eigenvalue weighted by atomic mass is 35.5. The van der Waals surface area contributed by atoms with Crippen molar-refractivity contribution in [2.24, 2.45) is 5.41 Å². The summed E-state index contributed by atoms with van der Waals surface area (Å²) in [6.45, 7) is 9.56. The van der Waals surface area contributed by atoms with Gasteiger partial charge >= 0.3 is 18.0 Å². The molecule has 12 heterocycles. The quantitative estimate of drug-likeness (QED) is 0.0561. The summed E-state index contributed by atoms with van der Waals surface area (Å²) >= 11 is 22.0. The Hall–Kier alpha value is -9.60. The normalized spacial score (nSPS) is 24.4. The van der Waals surface area contributed by atoms with E-state index >= 15 is 13.2 Å². The number of piperidine rings is 1. The third-order valence-electron chi connectivity index (χ3n) is 26.7. The number of ether oxygens (including phenoxy) is 5. The fourth-order valence-corrected chi connectivity index (χ4v) is 21.8. The number of aromatic hydroxyl groups is 1. The predicted octanol–water partition coefficient (Wildman–Crippen LogP) is 16.4. The Morgan fingerprint density at radius 3 is 1.34 bits per heavy atom. The van der Waals surface area contributed by atoms with E-state index in [1.54, 1.807) is 18.2 Å². The summed E-state index contributed by atoms with van der Waals surface area (Å²) in [5.74, 6) is 1.04. The van der Waals surface area contributed by atoms with Gasteiger partial charge in [0.15, 0.2) is 23.7 Å². The molecule has 119 heavy (non-hydrogen) atoms. The van der Waals surface area contributed by atoms with Crippen LogP contribution in [-0.2, 0) is 0 Å². The first kappa shape index (κ1) is 76.8. The fraction of sp³-hybridized carbons (Fsp3) is 0.413. The number of hydrogen-bond acceptors (Lipinski definition) is 21.